The van der Waals surface area contributed by atoms with Crippen molar-refractivity contribution >= 4 is 11.8 Å². The molecule has 0 aromatic heterocycles. The fourth-order valence-corrected chi connectivity index (χ4v) is 2.96. The van der Waals surface area contributed by atoms with E-state index < -0.39 is 0 Å². The average Bonchev–Trinajstić information content (AvgIpc) is 2.24. The molecular formula is C12H25NS. The highest BCUT2D eigenvalue weighted by Gasteiger charge is 2.23. The van der Waals surface area contributed by atoms with Gasteiger partial charge in [0.25, 0.3) is 0 Å². The lowest BCUT2D eigenvalue weighted by molar-refractivity contribution is 0.258. The van der Waals surface area contributed by atoms with E-state index in [-0.39, 0.29) is 0 Å². The molecule has 1 rings (SSSR count). The van der Waals surface area contributed by atoms with Gasteiger partial charge in [-0.1, -0.05) is 19.8 Å². The van der Waals surface area contributed by atoms with Gasteiger partial charge in [-0.25, -0.2) is 0 Å². The minimum Gasteiger partial charge on any atom is -0.314 e. The van der Waals surface area contributed by atoms with Gasteiger partial charge < -0.3 is 5.32 Å². The number of hydrogen-bond acceptors (Lipinski definition) is 2. The molecule has 84 valence electrons. The minimum atomic E-state index is 0.829. The Morgan fingerprint density at radius 1 is 1.29 bits per heavy atom. The summed E-state index contributed by atoms with van der Waals surface area (Å²) in [4.78, 5) is 0. The monoisotopic (exact) mass is 215 g/mol. The third-order valence-electron chi connectivity index (χ3n) is 3.26. The van der Waals surface area contributed by atoms with Crippen LogP contribution in [0.2, 0.25) is 0 Å². The Hall–Kier alpha value is 0.310. The van der Waals surface area contributed by atoms with Gasteiger partial charge in [-0.3, -0.25) is 0 Å². The molecule has 1 N–H and O–H groups in total. The summed E-state index contributed by atoms with van der Waals surface area (Å²) in [6.45, 7) is 3.47. The van der Waals surface area contributed by atoms with Crippen molar-refractivity contribution in [3.8, 4) is 0 Å². The summed E-state index contributed by atoms with van der Waals surface area (Å²) in [7, 11) is 0. The summed E-state index contributed by atoms with van der Waals surface area (Å²) in [5, 5.41) is 3.72. The average molecular weight is 215 g/mol. The molecule has 0 saturated heterocycles. The van der Waals surface area contributed by atoms with Crippen LogP contribution in [0.3, 0.4) is 0 Å². The third kappa shape index (κ3) is 4.22. The van der Waals surface area contributed by atoms with E-state index in [1.54, 1.807) is 0 Å². The van der Waals surface area contributed by atoms with Crippen LogP contribution in [0.15, 0.2) is 0 Å². The molecule has 2 unspecified atom stereocenters. The smallest absolute Gasteiger partial charge is 0.00956 e. The highest BCUT2D eigenvalue weighted by molar-refractivity contribution is 7.98. The van der Waals surface area contributed by atoms with E-state index >= 15 is 0 Å². The number of thioether (sulfide) groups is 1. The zero-order valence-corrected chi connectivity index (χ0v) is 10.5. The van der Waals surface area contributed by atoms with E-state index in [0.717, 1.165) is 12.0 Å². The summed E-state index contributed by atoms with van der Waals surface area (Å²) < 4.78 is 0. The quantitative estimate of drug-likeness (QED) is 0.729. The minimum absolute atomic E-state index is 0.829. The first kappa shape index (κ1) is 12.4. The van der Waals surface area contributed by atoms with Crippen LogP contribution in [0.1, 0.15) is 45.4 Å². The molecule has 2 heteroatoms. The lowest BCUT2D eigenvalue weighted by atomic mass is 9.83. The maximum absolute atomic E-state index is 3.72. The number of rotatable bonds is 6. The van der Waals surface area contributed by atoms with Crippen molar-refractivity contribution in [3.63, 3.8) is 0 Å². The van der Waals surface area contributed by atoms with Gasteiger partial charge in [-0.2, -0.15) is 11.8 Å². The van der Waals surface area contributed by atoms with Crippen LogP contribution in [-0.2, 0) is 0 Å². The van der Waals surface area contributed by atoms with Gasteiger partial charge in [0.05, 0.1) is 0 Å². The van der Waals surface area contributed by atoms with Crippen molar-refractivity contribution < 1.29 is 0 Å². The van der Waals surface area contributed by atoms with Crippen LogP contribution in [0.5, 0.6) is 0 Å². The molecule has 0 spiro atoms. The van der Waals surface area contributed by atoms with E-state index in [1.165, 1.54) is 50.8 Å². The summed E-state index contributed by atoms with van der Waals surface area (Å²) in [5.41, 5.74) is 0. The molecule has 0 amide bonds. The Morgan fingerprint density at radius 2 is 2.07 bits per heavy atom. The van der Waals surface area contributed by atoms with Crippen LogP contribution in [0.4, 0.5) is 0 Å². The summed E-state index contributed by atoms with van der Waals surface area (Å²) in [6.07, 6.45) is 10.7. The molecular weight excluding hydrogens is 190 g/mol. The fraction of sp³-hybridized carbons (Fsp3) is 1.00. The maximum atomic E-state index is 3.72. The Morgan fingerprint density at radius 3 is 2.79 bits per heavy atom. The zero-order chi connectivity index (χ0) is 10.2. The highest BCUT2D eigenvalue weighted by atomic mass is 32.2. The van der Waals surface area contributed by atoms with Gasteiger partial charge in [-0.15, -0.1) is 0 Å². The predicted molar refractivity (Wildman–Crippen MR) is 67.0 cm³/mol. The molecule has 1 nitrogen and oxygen atoms in total. The summed E-state index contributed by atoms with van der Waals surface area (Å²) in [5.74, 6) is 2.30. The molecule has 0 aromatic carbocycles. The Balaban J connectivity index is 2.26. The molecule has 1 saturated carbocycles. The van der Waals surface area contributed by atoms with Gasteiger partial charge in [0, 0.05) is 6.04 Å². The van der Waals surface area contributed by atoms with Gasteiger partial charge in [0.2, 0.25) is 0 Å². The maximum Gasteiger partial charge on any atom is 0.00956 e. The molecule has 1 aliphatic rings. The standard InChI is InChI=1S/C12H25NS/c1-3-9-13-12-7-5-4-6-11(12)8-10-14-2/h11-13H,3-10H2,1-2H3. The van der Waals surface area contributed by atoms with E-state index in [1.807, 2.05) is 11.8 Å². The fourth-order valence-electron chi connectivity index (χ4n) is 2.42. The van der Waals surface area contributed by atoms with Crippen molar-refractivity contribution in [1.29, 1.82) is 0 Å². The topological polar surface area (TPSA) is 12.0 Å². The molecule has 1 aliphatic carbocycles. The second kappa shape index (κ2) is 7.58. The van der Waals surface area contributed by atoms with Crippen molar-refractivity contribution in [2.75, 3.05) is 18.6 Å². The first-order chi connectivity index (χ1) is 6.88. The normalized spacial score (nSPS) is 27.9. The first-order valence-electron chi connectivity index (χ1n) is 6.10. The molecule has 0 bridgehead atoms. The summed E-state index contributed by atoms with van der Waals surface area (Å²) in [6, 6.07) is 0.829. The van der Waals surface area contributed by atoms with E-state index in [0.29, 0.717) is 0 Å². The second-order valence-corrected chi connectivity index (χ2v) is 5.37. The van der Waals surface area contributed by atoms with Crippen molar-refractivity contribution in [1.82, 2.24) is 5.32 Å². The van der Waals surface area contributed by atoms with Crippen LogP contribution in [-0.4, -0.2) is 24.6 Å². The second-order valence-electron chi connectivity index (χ2n) is 4.39. The first-order valence-corrected chi connectivity index (χ1v) is 7.50. The Labute approximate surface area is 93.4 Å². The van der Waals surface area contributed by atoms with Gasteiger partial charge in [-0.05, 0) is 50.2 Å². The van der Waals surface area contributed by atoms with Gasteiger partial charge in [0.15, 0.2) is 0 Å². The SMILES string of the molecule is CCCNC1CCCCC1CCSC. The molecule has 0 radical (unpaired) electrons. The molecule has 0 heterocycles. The summed E-state index contributed by atoms with van der Waals surface area (Å²) >= 11 is 1.99. The largest absolute Gasteiger partial charge is 0.314 e. The van der Waals surface area contributed by atoms with Crippen molar-refractivity contribution in [3.05, 3.63) is 0 Å². The molecule has 0 aliphatic heterocycles. The van der Waals surface area contributed by atoms with Gasteiger partial charge in [0.1, 0.15) is 0 Å². The van der Waals surface area contributed by atoms with E-state index in [2.05, 4.69) is 18.5 Å². The van der Waals surface area contributed by atoms with Crippen LogP contribution >= 0.6 is 11.8 Å². The van der Waals surface area contributed by atoms with Crippen LogP contribution in [0, 0.1) is 5.92 Å². The molecule has 1 fully saturated rings. The Bertz CT molecular complexity index is 122. The van der Waals surface area contributed by atoms with Crippen molar-refractivity contribution in [2.24, 2.45) is 5.92 Å². The predicted octanol–water partition coefficient (Wildman–Crippen LogP) is 3.30. The lowest BCUT2D eigenvalue weighted by Gasteiger charge is -2.32. The number of nitrogens with one attached hydrogen (secondary N) is 1. The molecule has 0 aromatic rings. The highest BCUT2D eigenvalue weighted by Crippen LogP contribution is 2.27. The van der Waals surface area contributed by atoms with Crippen LogP contribution < -0.4 is 5.32 Å². The van der Waals surface area contributed by atoms with E-state index in [4.69, 9.17) is 0 Å². The zero-order valence-electron chi connectivity index (χ0n) is 9.72. The van der Waals surface area contributed by atoms with Crippen molar-refractivity contribution in [2.45, 2.75) is 51.5 Å². The number of hydrogen-bond donors (Lipinski definition) is 1. The van der Waals surface area contributed by atoms with Crippen LogP contribution in [0.25, 0.3) is 0 Å². The Kier molecular flexibility index (Phi) is 6.70. The molecule has 2 atom stereocenters. The van der Waals surface area contributed by atoms with E-state index in [9.17, 15) is 0 Å². The third-order valence-corrected chi connectivity index (χ3v) is 3.90. The lowest BCUT2D eigenvalue weighted by Crippen LogP contribution is -2.39. The molecule has 14 heavy (non-hydrogen) atoms. The van der Waals surface area contributed by atoms with Gasteiger partial charge >= 0.3 is 0 Å².